The molecule has 1 rings (SSSR count). The van der Waals surface area contributed by atoms with E-state index in [4.69, 9.17) is 11.6 Å². The molecule has 0 aliphatic carbocycles. The van der Waals surface area contributed by atoms with E-state index in [0.717, 1.165) is 23.4 Å². The van der Waals surface area contributed by atoms with Gasteiger partial charge in [0.05, 0.1) is 5.02 Å². The van der Waals surface area contributed by atoms with Gasteiger partial charge in [-0.15, -0.1) is 0 Å². The molecule has 0 spiro atoms. The molecule has 1 heterocycles. The predicted molar refractivity (Wildman–Crippen MR) is 69.7 cm³/mol. The molecular weight excluding hydrogens is 275 g/mol. The van der Waals surface area contributed by atoms with Gasteiger partial charge in [0.25, 0.3) is 0 Å². The molecule has 0 atom stereocenters. The predicted octanol–water partition coefficient (Wildman–Crippen LogP) is 4.12. The molecule has 1 aromatic rings. The maximum Gasteiger partial charge on any atom is 0.147 e. The van der Waals surface area contributed by atoms with Gasteiger partial charge in [-0.25, -0.2) is 4.98 Å². The van der Waals surface area contributed by atoms with E-state index in [9.17, 15) is 0 Å². The maximum atomic E-state index is 6.15. The molecule has 0 amide bonds. The highest BCUT2D eigenvalue weighted by molar-refractivity contribution is 9.10. The highest BCUT2D eigenvalue weighted by Gasteiger charge is 2.09. The third-order valence-electron chi connectivity index (χ3n) is 2.25. The molecule has 4 heteroatoms. The fourth-order valence-corrected chi connectivity index (χ4v) is 2.15. The van der Waals surface area contributed by atoms with Crippen LogP contribution in [0.15, 0.2) is 16.7 Å². The lowest BCUT2D eigenvalue weighted by Gasteiger charge is -2.22. The SMILES string of the molecule is CCCCN(CC)c1ncc(Br)cc1Cl. The third-order valence-corrected chi connectivity index (χ3v) is 2.96. The first-order valence-electron chi connectivity index (χ1n) is 5.25. The summed E-state index contributed by atoms with van der Waals surface area (Å²) < 4.78 is 0.919. The van der Waals surface area contributed by atoms with Crippen molar-refractivity contribution < 1.29 is 0 Å². The van der Waals surface area contributed by atoms with Crippen LogP contribution in [-0.2, 0) is 0 Å². The summed E-state index contributed by atoms with van der Waals surface area (Å²) in [6, 6.07) is 1.89. The van der Waals surface area contributed by atoms with Crippen LogP contribution >= 0.6 is 27.5 Å². The minimum atomic E-state index is 0.710. The van der Waals surface area contributed by atoms with E-state index < -0.39 is 0 Å². The summed E-state index contributed by atoms with van der Waals surface area (Å²) in [5.41, 5.74) is 0. The number of hydrogen-bond donors (Lipinski definition) is 0. The lowest BCUT2D eigenvalue weighted by molar-refractivity contribution is 0.724. The van der Waals surface area contributed by atoms with Gasteiger partial charge < -0.3 is 4.90 Å². The van der Waals surface area contributed by atoms with Crippen LogP contribution in [0.5, 0.6) is 0 Å². The molecule has 0 bridgehead atoms. The number of aromatic nitrogens is 1. The zero-order valence-corrected chi connectivity index (χ0v) is 11.5. The molecule has 2 nitrogen and oxygen atoms in total. The molecule has 0 unspecified atom stereocenters. The van der Waals surface area contributed by atoms with Crippen molar-refractivity contribution in [3.63, 3.8) is 0 Å². The van der Waals surface area contributed by atoms with E-state index in [0.29, 0.717) is 5.02 Å². The minimum Gasteiger partial charge on any atom is -0.356 e. The van der Waals surface area contributed by atoms with Gasteiger partial charge in [0.15, 0.2) is 0 Å². The number of nitrogens with zero attached hydrogens (tertiary/aromatic N) is 2. The Hall–Kier alpha value is -0.280. The van der Waals surface area contributed by atoms with Gasteiger partial charge in [-0.1, -0.05) is 24.9 Å². The van der Waals surface area contributed by atoms with Crippen molar-refractivity contribution in [3.05, 3.63) is 21.8 Å². The van der Waals surface area contributed by atoms with Gasteiger partial charge in [0.1, 0.15) is 5.82 Å². The Morgan fingerprint density at radius 1 is 1.47 bits per heavy atom. The molecule has 0 saturated heterocycles. The van der Waals surface area contributed by atoms with Gasteiger partial charge in [0, 0.05) is 23.8 Å². The number of rotatable bonds is 5. The number of unbranched alkanes of at least 4 members (excludes halogenated alkanes) is 1. The number of anilines is 1. The second-order valence-electron chi connectivity index (χ2n) is 3.39. The van der Waals surface area contributed by atoms with Gasteiger partial charge in [-0.3, -0.25) is 0 Å². The van der Waals surface area contributed by atoms with E-state index in [1.807, 2.05) is 6.07 Å². The minimum absolute atomic E-state index is 0.710. The number of halogens is 2. The van der Waals surface area contributed by atoms with Crippen LogP contribution in [0.3, 0.4) is 0 Å². The summed E-state index contributed by atoms with van der Waals surface area (Å²) >= 11 is 9.50. The highest BCUT2D eigenvalue weighted by Crippen LogP contribution is 2.26. The third kappa shape index (κ3) is 3.65. The van der Waals surface area contributed by atoms with Crippen LogP contribution in [-0.4, -0.2) is 18.1 Å². The van der Waals surface area contributed by atoms with Gasteiger partial charge in [-0.2, -0.15) is 0 Å². The largest absolute Gasteiger partial charge is 0.356 e. The van der Waals surface area contributed by atoms with Crippen molar-refractivity contribution in [2.24, 2.45) is 0 Å². The number of pyridine rings is 1. The Morgan fingerprint density at radius 2 is 2.20 bits per heavy atom. The van der Waals surface area contributed by atoms with Gasteiger partial charge >= 0.3 is 0 Å². The fraction of sp³-hybridized carbons (Fsp3) is 0.545. The van der Waals surface area contributed by atoms with Crippen molar-refractivity contribution in [3.8, 4) is 0 Å². The molecule has 15 heavy (non-hydrogen) atoms. The first kappa shape index (κ1) is 12.8. The maximum absolute atomic E-state index is 6.15. The molecule has 1 aromatic heterocycles. The molecular formula is C11H16BrClN2. The second kappa shape index (κ2) is 6.33. The quantitative estimate of drug-likeness (QED) is 0.811. The first-order valence-corrected chi connectivity index (χ1v) is 6.42. The lowest BCUT2D eigenvalue weighted by atomic mass is 10.3. The Bertz CT molecular complexity index is 317. The molecule has 0 aliphatic rings. The average molecular weight is 292 g/mol. The Kier molecular flexibility index (Phi) is 5.40. The molecule has 0 saturated carbocycles. The molecule has 84 valence electrons. The van der Waals surface area contributed by atoms with E-state index in [2.05, 4.69) is 39.7 Å². The lowest BCUT2D eigenvalue weighted by Crippen LogP contribution is -2.25. The summed E-state index contributed by atoms with van der Waals surface area (Å²) in [6.45, 7) is 6.26. The normalized spacial score (nSPS) is 10.4. The smallest absolute Gasteiger partial charge is 0.147 e. The van der Waals surface area contributed by atoms with Crippen LogP contribution in [0.25, 0.3) is 0 Å². The Balaban J connectivity index is 2.81. The van der Waals surface area contributed by atoms with Crippen LogP contribution in [0.4, 0.5) is 5.82 Å². The van der Waals surface area contributed by atoms with Crippen molar-refractivity contribution in [2.75, 3.05) is 18.0 Å². The standard InChI is InChI=1S/C11H16BrClN2/c1-3-5-6-15(4-2)11-10(13)7-9(12)8-14-11/h7-8H,3-6H2,1-2H3. The molecule has 0 aliphatic heterocycles. The average Bonchev–Trinajstić information content (AvgIpc) is 2.21. The van der Waals surface area contributed by atoms with E-state index in [1.54, 1.807) is 6.20 Å². The van der Waals surface area contributed by atoms with E-state index >= 15 is 0 Å². The first-order chi connectivity index (χ1) is 7.19. The zero-order chi connectivity index (χ0) is 11.3. The van der Waals surface area contributed by atoms with Gasteiger partial charge in [-0.05, 0) is 35.3 Å². The van der Waals surface area contributed by atoms with E-state index in [1.165, 1.54) is 12.8 Å². The van der Waals surface area contributed by atoms with Gasteiger partial charge in [0.2, 0.25) is 0 Å². The van der Waals surface area contributed by atoms with Crippen molar-refractivity contribution in [2.45, 2.75) is 26.7 Å². The summed E-state index contributed by atoms with van der Waals surface area (Å²) in [7, 11) is 0. The van der Waals surface area contributed by atoms with E-state index in [-0.39, 0.29) is 0 Å². The van der Waals surface area contributed by atoms with Crippen molar-refractivity contribution in [1.82, 2.24) is 4.98 Å². The zero-order valence-electron chi connectivity index (χ0n) is 9.13. The highest BCUT2D eigenvalue weighted by atomic mass is 79.9. The Labute approximate surface area is 105 Å². The topological polar surface area (TPSA) is 16.1 Å². The van der Waals surface area contributed by atoms with Crippen molar-refractivity contribution in [1.29, 1.82) is 0 Å². The summed E-state index contributed by atoms with van der Waals surface area (Å²) in [6.07, 6.45) is 4.14. The summed E-state index contributed by atoms with van der Waals surface area (Å²) in [5.74, 6) is 0.885. The van der Waals surface area contributed by atoms with Crippen LogP contribution in [0, 0.1) is 0 Å². The molecule has 0 radical (unpaired) electrons. The second-order valence-corrected chi connectivity index (χ2v) is 4.72. The molecule has 0 fully saturated rings. The van der Waals surface area contributed by atoms with Crippen molar-refractivity contribution >= 4 is 33.3 Å². The molecule has 0 aromatic carbocycles. The molecule has 0 N–H and O–H groups in total. The van der Waals surface area contributed by atoms with Crippen LogP contribution in [0.1, 0.15) is 26.7 Å². The Morgan fingerprint density at radius 3 is 2.73 bits per heavy atom. The fourth-order valence-electron chi connectivity index (χ4n) is 1.40. The van der Waals surface area contributed by atoms with Crippen LogP contribution < -0.4 is 4.90 Å². The summed E-state index contributed by atoms with van der Waals surface area (Å²) in [4.78, 5) is 6.56. The monoisotopic (exact) mass is 290 g/mol. The van der Waals surface area contributed by atoms with Crippen LogP contribution in [0.2, 0.25) is 5.02 Å². The summed E-state index contributed by atoms with van der Waals surface area (Å²) in [5, 5.41) is 0.710. The number of hydrogen-bond acceptors (Lipinski definition) is 2.